The SMILES string of the molecule is CC.NC(=O)c1ccc2c(c1)NC(=NCc1cccc(Cl)c1)C1(CCNCC1)N2. The van der Waals surface area contributed by atoms with Gasteiger partial charge < -0.3 is 21.7 Å². The van der Waals surface area contributed by atoms with Crippen LogP contribution in [0.2, 0.25) is 5.02 Å². The molecule has 0 radical (unpaired) electrons. The van der Waals surface area contributed by atoms with Gasteiger partial charge in [-0.1, -0.05) is 37.6 Å². The van der Waals surface area contributed by atoms with E-state index in [0.29, 0.717) is 17.1 Å². The lowest BCUT2D eigenvalue weighted by atomic mass is 9.84. The van der Waals surface area contributed by atoms with Gasteiger partial charge in [0.25, 0.3) is 0 Å². The van der Waals surface area contributed by atoms with E-state index in [9.17, 15) is 4.79 Å². The van der Waals surface area contributed by atoms with Crippen LogP contribution >= 0.6 is 11.6 Å². The van der Waals surface area contributed by atoms with Gasteiger partial charge in [0, 0.05) is 10.6 Å². The smallest absolute Gasteiger partial charge is 0.248 e. The Balaban J connectivity index is 0.00000117. The van der Waals surface area contributed by atoms with E-state index in [2.05, 4.69) is 16.0 Å². The predicted octanol–water partition coefficient (Wildman–Crippen LogP) is 4.02. The molecule has 0 saturated carbocycles. The number of primary amides is 1. The Labute approximate surface area is 176 Å². The average Bonchev–Trinajstić information content (AvgIpc) is 2.74. The Morgan fingerprint density at radius 2 is 1.90 bits per heavy atom. The number of halogens is 1. The minimum Gasteiger partial charge on any atom is -0.371 e. The lowest BCUT2D eigenvalue weighted by Gasteiger charge is -2.44. The quantitative estimate of drug-likeness (QED) is 0.611. The first-order chi connectivity index (χ1) is 14.1. The lowest BCUT2D eigenvalue weighted by molar-refractivity contribution is 0.100. The van der Waals surface area contributed by atoms with Crippen LogP contribution in [0.1, 0.15) is 42.6 Å². The maximum atomic E-state index is 11.5. The number of anilines is 2. The third-order valence-corrected chi connectivity index (χ3v) is 5.39. The van der Waals surface area contributed by atoms with Crippen LogP contribution in [0.15, 0.2) is 47.5 Å². The fraction of sp³-hybridized carbons (Fsp3) is 0.364. The molecule has 4 rings (SSSR count). The molecule has 1 amide bonds. The lowest BCUT2D eigenvalue weighted by Crippen LogP contribution is -2.57. The molecule has 154 valence electrons. The molecule has 2 aliphatic rings. The first-order valence-corrected chi connectivity index (χ1v) is 10.4. The number of carbonyl (C=O) groups is 1. The number of amidine groups is 1. The number of rotatable bonds is 3. The molecule has 2 aromatic rings. The Kier molecular flexibility index (Phi) is 6.77. The van der Waals surface area contributed by atoms with Gasteiger partial charge in [0.2, 0.25) is 5.91 Å². The Bertz CT molecular complexity index is 906. The zero-order valence-electron chi connectivity index (χ0n) is 16.9. The largest absolute Gasteiger partial charge is 0.371 e. The highest BCUT2D eigenvalue weighted by Gasteiger charge is 2.41. The Hall–Kier alpha value is -2.57. The van der Waals surface area contributed by atoms with Crippen LogP contribution in [0.3, 0.4) is 0 Å². The molecule has 0 atom stereocenters. The molecule has 5 N–H and O–H groups in total. The summed E-state index contributed by atoms with van der Waals surface area (Å²) in [5.74, 6) is 0.442. The summed E-state index contributed by atoms with van der Waals surface area (Å²) in [6, 6.07) is 13.1. The van der Waals surface area contributed by atoms with Crippen LogP contribution in [0.25, 0.3) is 0 Å². The van der Waals surface area contributed by atoms with Crippen LogP contribution in [0, 0.1) is 0 Å². The predicted molar refractivity (Wildman–Crippen MR) is 121 cm³/mol. The number of nitrogens with one attached hydrogen (secondary N) is 3. The molecular weight excluding hydrogens is 386 g/mol. The van der Waals surface area contributed by atoms with E-state index < -0.39 is 5.91 Å². The van der Waals surface area contributed by atoms with E-state index in [1.807, 2.05) is 44.2 Å². The monoisotopic (exact) mass is 413 g/mol. The first-order valence-electron chi connectivity index (χ1n) is 10.0. The summed E-state index contributed by atoms with van der Waals surface area (Å²) < 4.78 is 0. The average molecular weight is 414 g/mol. The third kappa shape index (κ3) is 4.71. The summed E-state index contributed by atoms with van der Waals surface area (Å²) in [5.41, 5.74) is 8.49. The van der Waals surface area contributed by atoms with Crippen molar-refractivity contribution in [3.8, 4) is 0 Å². The van der Waals surface area contributed by atoms with Crippen molar-refractivity contribution in [2.45, 2.75) is 38.8 Å². The Morgan fingerprint density at radius 1 is 1.14 bits per heavy atom. The van der Waals surface area contributed by atoms with Crippen LogP contribution in [-0.2, 0) is 6.54 Å². The first kappa shape index (κ1) is 21.1. The van der Waals surface area contributed by atoms with Gasteiger partial charge in [0.05, 0.1) is 23.5 Å². The van der Waals surface area contributed by atoms with Gasteiger partial charge in [-0.25, -0.2) is 0 Å². The van der Waals surface area contributed by atoms with Crippen molar-refractivity contribution in [3.05, 3.63) is 58.6 Å². The van der Waals surface area contributed by atoms with Gasteiger partial charge in [-0.15, -0.1) is 0 Å². The summed E-state index contributed by atoms with van der Waals surface area (Å²) in [6.07, 6.45) is 1.84. The van der Waals surface area contributed by atoms with Crippen molar-refractivity contribution >= 4 is 34.7 Å². The molecule has 2 aliphatic heterocycles. The Morgan fingerprint density at radius 3 is 2.59 bits per heavy atom. The fourth-order valence-electron chi connectivity index (χ4n) is 3.69. The number of amides is 1. The third-order valence-electron chi connectivity index (χ3n) is 5.15. The molecule has 1 fully saturated rings. The second-order valence-electron chi connectivity index (χ2n) is 7.00. The molecule has 0 unspecified atom stereocenters. The van der Waals surface area contributed by atoms with Gasteiger partial charge in [-0.3, -0.25) is 9.79 Å². The maximum absolute atomic E-state index is 11.5. The zero-order chi connectivity index (χ0) is 20.9. The second kappa shape index (κ2) is 9.29. The normalized spacial score (nSPS) is 18.1. The molecule has 1 saturated heterocycles. The molecule has 2 aromatic carbocycles. The van der Waals surface area contributed by atoms with Crippen molar-refractivity contribution in [2.24, 2.45) is 10.7 Å². The number of nitrogens with zero attached hydrogens (tertiary/aromatic N) is 1. The molecule has 0 aromatic heterocycles. The van der Waals surface area contributed by atoms with Gasteiger partial charge in [0.1, 0.15) is 5.84 Å². The molecule has 29 heavy (non-hydrogen) atoms. The van der Waals surface area contributed by atoms with Crippen LogP contribution < -0.4 is 21.7 Å². The number of carbonyl (C=O) groups excluding carboxylic acids is 1. The molecule has 0 aliphatic carbocycles. The summed E-state index contributed by atoms with van der Waals surface area (Å²) in [7, 11) is 0. The fourth-order valence-corrected chi connectivity index (χ4v) is 3.90. The zero-order valence-corrected chi connectivity index (χ0v) is 17.6. The van der Waals surface area contributed by atoms with E-state index in [-0.39, 0.29) is 5.54 Å². The van der Waals surface area contributed by atoms with E-state index in [0.717, 1.165) is 48.7 Å². The molecule has 6 nitrogen and oxygen atoms in total. The molecule has 1 spiro atoms. The van der Waals surface area contributed by atoms with Gasteiger partial charge in [-0.2, -0.15) is 0 Å². The summed E-state index contributed by atoms with van der Waals surface area (Å²) in [5, 5.41) is 11.2. The number of fused-ring (bicyclic) bond motifs is 1. The topological polar surface area (TPSA) is 91.5 Å². The highest BCUT2D eigenvalue weighted by atomic mass is 35.5. The van der Waals surface area contributed by atoms with E-state index in [4.69, 9.17) is 22.3 Å². The minimum absolute atomic E-state index is 0.245. The summed E-state index contributed by atoms with van der Waals surface area (Å²) >= 11 is 6.09. The molecule has 2 heterocycles. The number of aliphatic imine (C=N–C) groups is 1. The van der Waals surface area contributed by atoms with Crippen molar-refractivity contribution < 1.29 is 4.79 Å². The maximum Gasteiger partial charge on any atom is 0.248 e. The number of piperidine rings is 1. The minimum atomic E-state index is -0.445. The van der Waals surface area contributed by atoms with Gasteiger partial charge in [0.15, 0.2) is 0 Å². The number of hydrogen-bond donors (Lipinski definition) is 4. The number of nitrogens with two attached hydrogens (primary N) is 1. The van der Waals surface area contributed by atoms with Crippen molar-refractivity contribution in [3.63, 3.8) is 0 Å². The second-order valence-corrected chi connectivity index (χ2v) is 7.44. The van der Waals surface area contributed by atoms with E-state index in [1.165, 1.54) is 0 Å². The van der Waals surface area contributed by atoms with Crippen molar-refractivity contribution in [1.29, 1.82) is 0 Å². The molecule has 0 bridgehead atoms. The van der Waals surface area contributed by atoms with Crippen molar-refractivity contribution in [1.82, 2.24) is 5.32 Å². The van der Waals surface area contributed by atoms with E-state index in [1.54, 1.807) is 12.1 Å². The van der Waals surface area contributed by atoms with Gasteiger partial charge in [-0.05, 0) is 61.8 Å². The number of hydrogen-bond acceptors (Lipinski definition) is 4. The van der Waals surface area contributed by atoms with Crippen LogP contribution in [0.5, 0.6) is 0 Å². The standard InChI is InChI=1S/C20H22ClN5O.C2H6/c21-15-3-1-2-13(10-15)12-24-19-20(6-8-23-9-7-20)26-16-5-4-14(18(22)27)11-17(16)25-19;1-2/h1-5,10-11,23,26H,6-9,12H2,(H2,22,27)(H,24,25);1-2H3. The van der Waals surface area contributed by atoms with E-state index >= 15 is 0 Å². The van der Waals surface area contributed by atoms with Crippen LogP contribution in [0.4, 0.5) is 11.4 Å². The number of benzene rings is 2. The summed E-state index contributed by atoms with van der Waals surface area (Å²) in [4.78, 5) is 16.4. The highest BCUT2D eigenvalue weighted by Crippen LogP contribution is 2.36. The summed E-state index contributed by atoms with van der Waals surface area (Å²) in [6.45, 7) is 6.36. The highest BCUT2D eigenvalue weighted by molar-refractivity contribution is 6.30. The molecular formula is C22H28ClN5O. The van der Waals surface area contributed by atoms with Crippen molar-refractivity contribution in [2.75, 3.05) is 23.7 Å². The molecule has 7 heteroatoms. The van der Waals surface area contributed by atoms with Crippen LogP contribution in [-0.4, -0.2) is 30.4 Å². The van der Waals surface area contributed by atoms with Gasteiger partial charge >= 0.3 is 0 Å².